The minimum Gasteiger partial charge on any atom is -0.394 e. The molecule has 0 aromatic carbocycles. The summed E-state index contributed by atoms with van der Waals surface area (Å²) in [6, 6.07) is -0.830. The third-order valence-electron chi connectivity index (χ3n) is 12.8. The highest BCUT2D eigenvalue weighted by Crippen LogP contribution is 2.23. The largest absolute Gasteiger partial charge is 0.394 e. The Morgan fingerprint density at radius 3 is 1.35 bits per heavy atom. The first kappa shape index (κ1) is 65.9. The Labute approximate surface area is 434 Å². The first-order valence-electron chi connectivity index (χ1n) is 28.6. The van der Waals surface area contributed by atoms with E-state index in [1.807, 2.05) is 6.08 Å². The van der Waals surface area contributed by atoms with Crippen LogP contribution in [0.4, 0.5) is 0 Å². The van der Waals surface area contributed by atoms with E-state index in [4.69, 9.17) is 9.47 Å². The molecule has 0 aromatic rings. The van der Waals surface area contributed by atoms with E-state index in [0.717, 1.165) is 96.3 Å². The van der Waals surface area contributed by atoms with Crippen LogP contribution in [0.5, 0.6) is 0 Å². The van der Waals surface area contributed by atoms with Crippen LogP contribution < -0.4 is 5.32 Å². The molecule has 9 heteroatoms. The number of hydrogen-bond donors (Lipinski definition) is 6. The molecule has 0 aliphatic carbocycles. The fourth-order valence-electron chi connectivity index (χ4n) is 8.33. The summed E-state index contributed by atoms with van der Waals surface area (Å²) in [5.41, 5.74) is 0. The molecule has 0 bridgehead atoms. The Morgan fingerprint density at radius 1 is 0.493 bits per heavy atom. The normalized spacial score (nSPS) is 20.1. The number of unbranched alkanes of at least 4 members (excludes halogenated alkanes) is 21. The summed E-state index contributed by atoms with van der Waals surface area (Å²) in [6.07, 6.45) is 67.2. The molecular formula is C62H105NO8. The molecule has 1 amide bonds. The Kier molecular flexibility index (Phi) is 46.7. The maximum Gasteiger partial charge on any atom is 0.220 e. The van der Waals surface area contributed by atoms with E-state index in [0.29, 0.717) is 6.42 Å². The summed E-state index contributed by atoms with van der Waals surface area (Å²) < 4.78 is 11.2. The summed E-state index contributed by atoms with van der Waals surface area (Å²) in [5, 5.41) is 54.4. The van der Waals surface area contributed by atoms with Gasteiger partial charge in [-0.05, 0) is 89.9 Å². The van der Waals surface area contributed by atoms with Gasteiger partial charge in [-0.2, -0.15) is 0 Å². The minimum atomic E-state index is -1.58. The standard InChI is InChI=1S/C62H105NO8/c1-3-5-7-9-11-13-15-17-19-20-21-22-23-24-25-26-27-28-29-30-31-32-33-34-35-36-38-40-42-44-46-48-50-52-58(66)63-55(54-70-62-61(69)60(68)59(67)57(53-64)71-62)56(65)51-49-47-45-43-41-39-37-18-16-14-12-10-8-6-4-2/h5,7,11,13,17,19,21-22,24-25,27-28,30-31,41,43,49,51,55-57,59-62,64-65,67-69H,3-4,6,8-10,12,14-16,18,20,23,26,29,32-40,42,44-48,50,52-54H2,1-2H3,(H,63,66)/b7-5-,13-11-,19-17-,22-21-,25-24-,28-27-,31-30-,43-41+,51-49+. The van der Waals surface area contributed by atoms with E-state index in [-0.39, 0.29) is 12.5 Å². The van der Waals surface area contributed by atoms with Crippen LogP contribution in [0.25, 0.3) is 0 Å². The number of nitrogens with one attached hydrogen (secondary N) is 1. The van der Waals surface area contributed by atoms with Crippen molar-refractivity contribution in [3.8, 4) is 0 Å². The van der Waals surface area contributed by atoms with Crippen molar-refractivity contribution in [2.45, 2.75) is 262 Å². The number of carbonyl (C=O) groups is 1. The van der Waals surface area contributed by atoms with Gasteiger partial charge in [0.05, 0.1) is 25.4 Å². The molecule has 71 heavy (non-hydrogen) atoms. The second kappa shape index (κ2) is 50.4. The van der Waals surface area contributed by atoms with Gasteiger partial charge in [0.1, 0.15) is 24.4 Å². The zero-order chi connectivity index (χ0) is 51.5. The molecule has 1 aliphatic rings. The summed E-state index contributed by atoms with van der Waals surface area (Å²) in [6.45, 7) is 3.63. The fraction of sp³-hybridized carbons (Fsp3) is 0.694. The molecule has 1 rings (SSSR count). The topological polar surface area (TPSA) is 149 Å². The second-order valence-electron chi connectivity index (χ2n) is 19.3. The molecule has 0 radical (unpaired) electrons. The molecular weight excluding hydrogens is 887 g/mol. The number of hydrogen-bond acceptors (Lipinski definition) is 8. The summed E-state index contributed by atoms with van der Waals surface area (Å²) >= 11 is 0. The van der Waals surface area contributed by atoms with E-state index in [9.17, 15) is 30.3 Å². The molecule has 0 aromatic heterocycles. The molecule has 9 nitrogen and oxygen atoms in total. The van der Waals surface area contributed by atoms with Crippen LogP contribution >= 0.6 is 0 Å². The highest BCUT2D eigenvalue weighted by molar-refractivity contribution is 5.76. The molecule has 0 spiro atoms. The zero-order valence-electron chi connectivity index (χ0n) is 44.9. The van der Waals surface area contributed by atoms with Gasteiger partial charge in [-0.25, -0.2) is 0 Å². The van der Waals surface area contributed by atoms with Gasteiger partial charge in [0.15, 0.2) is 6.29 Å². The lowest BCUT2D eigenvalue weighted by molar-refractivity contribution is -0.302. The van der Waals surface area contributed by atoms with Gasteiger partial charge in [-0.3, -0.25) is 4.79 Å². The van der Waals surface area contributed by atoms with Crippen molar-refractivity contribution in [3.63, 3.8) is 0 Å². The van der Waals surface area contributed by atoms with Gasteiger partial charge < -0.3 is 40.3 Å². The number of ether oxygens (including phenoxy) is 2. The molecule has 7 atom stereocenters. The first-order chi connectivity index (χ1) is 34.8. The maximum atomic E-state index is 13.0. The number of carbonyl (C=O) groups excluding carboxylic acids is 1. The van der Waals surface area contributed by atoms with Crippen LogP contribution in [0.3, 0.4) is 0 Å². The summed E-state index contributed by atoms with van der Waals surface area (Å²) in [4.78, 5) is 13.0. The van der Waals surface area contributed by atoms with Crippen molar-refractivity contribution in [3.05, 3.63) is 109 Å². The molecule has 1 saturated heterocycles. The molecule has 7 unspecified atom stereocenters. The summed E-state index contributed by atoms with van der Waals surface area (Å²) in [7, 11) is 0. The van der Waals surface area contributed by atoms with E-state index in [1.54, 1.807) is 6.08 Å². The van der Waals surface area contributed by atoms with Crippen molar-refractivity contribution >= 4 is 5.91 Å². The average molecular weight is 993 g/mol. The van der Waals surface area contributed by atoms with Crippen LogP contribution in [0.1, 0.15) is 219 Å². The van der Waals surface area contributed by atoms with Crippen molar-refractivity contribution in [2.24, 2.45) is 0 Å². The SMILES string of the molecule is CC/C=C\C/C=C\C/C=C\C/C=C\C/C=C\C/C=C\C/C=C\CCCCCCCCCCCCCC(=O)NC(COC1OC(CO)C(O)C(O)C1O)C(O)/C=C/CC/C=C/CCCCCCCCCCC. The van der Waals surface area contributed by atoms with Crippen molar-refractivity contribution < 1.29 is 39.8 Å². The van der Waals surface area contributed by atoms with Gasteiger partial charge in [-0.1, -0.05) is 232 Å². The maximum absolute atomic E-state index is 13.0. The molecule has 1 fully saturated rings. The lowest BCUT2D eigenvalue weighted by atomic mass is 9.99. The Hall–Kier alpha value is -3.15. The van der Waals surface area contributed by atoms with Crippen LogP contribution in [-0.2, 0) is 14.3 Å². The van der Waals surface area contributed by atoms with Gasteiger partial charge in [0, 0.05) is 6.42 Å². The quantitative estimate of drug-likeness (QED) is 0.0261. The molecule has 406 valence electrons. The molecule has 1 aliphatic heterocycles. The number of aliphatic hydroxyl groups is 5. The van der Waals surface area contributed by atoms with E-state index < -0.39 is 49.5 Å². The fourth-order valence-corrected chi connectivity index (χ4v) is 8.33. The van der Waals surface area contributed by atoms with E-state index in [2.05, 4.69) is 116 Å². The van der Waals surface area contributed by atoms with Gasteiger partial charge in [0.25, 0.3) is 0 Å². The number of amides is 1. The van der Waals surface area contributed by atoms with Crippen molar-refractivity contribution in [1.82, 2.24) is 5.32 Å². The molecule has 0 saturated carbocycles. The van der Waals surface area contributed by atoms with Crippen LogP contribution in [0.15, 0.2) is 109 Å². The monoisotopic (exact) mass is 992 g/mol. The second-order valence-corrected chi connectivity index (χ2v) is 19.3. The van der Waals surface area contributed by atoms with Gasteiger partial charge in [0.2, 0.25) is 5.91 Å². The molecule has 6 N–H and O–H groups in total. The average Bonchev–Trinajstić information content (AvgIpc) is 3.37. The zero-order valence-corrected chi connectivity index (χ0v) is 44.9. The van der Waals surface area contributed by atoms with E-state index in [1.165, 1.54) is 103 Å². The van der Waals surface area contributed by atoms with Gasteiger partial charge >= 0.3 is 0 Å². The number of aliphatic hydroxyl groups excluding tert-OH is 5. The lowest BCUT2D eigenvalue weighted by Crippen LogP contribution is -2.60. The minimum absolute atomic E-state index is 0.195. The highest BCUT2D eigenvalue weighted by Gasteiger charge is 2.44. The summed E-state index contributed by atoms with van der Waals surface area (Å²) in [5.74, 6) is -0.195. The van der Waals surface area contributed by atoms with E-state index >= 15 is 0 Å². The highest BCUT2D eigenvalue weighted by atomic mass is 16.7. The number of rotatable bonds is 47. The smallest absolute Gasteiger partial charge is 0.220 e. The lowest BCUT2D eigenvalue weighted by Gasteiger charge is -2.40. The Balaban J connectivity index is 2.20. The van der Waals surface area contributed by atoms with Crippen LogP contribution in [-0.4, -0.2) is 87.5 Å². The van der Waals surface area contributed by atoms with Crippen LogP contribution in [0.2, 0.25) is 0 Å². The molecule has 1 heterocycles. The van der Waals surface area contributed by atoms with Crippen molar-refractivity contribution in [1.29, 1.82) is 0 Å². The Morgan fingerprint density at radius 2 is 0.887 bits per heavy atom. The first-order valence-corrected chi connectivity index (χ1v) is 28.6. The van der Waals surface area contributed by atoms with Gasteiger partial charge in [-0.15, -0.1) is 0 Å². The predicted molar refractivity (Wildman–Crippen MR) is 299 cm³/mol. The van der Waals surface area contributed by atoms with Crippen LogP contribution in [0, 0.1) is 0 Å². The third-order valence-corrected chi connectivity index (χ3v) is 12.8. The number of allylic oxidation sites excluding steroid dienone is 17. The predicted octanol–water partition coefficient (Wildman–Crippen LogP) is 14.2. The van der Waals surface area contributed by atoms with Crippen molar-refractivity contribution in [2.75, 3.05) is 13.2 Å². The Bertz CT molecular complexity index is 1480. The third kappa shape index (κ3) is 40.0.